The zero-order valence-corrected chi connectivity index (χ0v) is 24.2. The number of nitrogens with zero attached hydrogens (tertiary/aromatic N) is 2. The normalized spacial score (nSPS) is 14.1. The standard InChI is InChI=1S/C26H33Cl2N3O6S/c1-5-17(4)29-26(33)22(6-2)30(14-18-8-10-20(27)21(28)12-18)25(32)15-31(38(34,35)7-3)19-9-11-23-24(13-19)37-16-36-23/h8-13,17,22H,5-7,14-16H2,1-4H3,(H,29,33)/t17-,22+/m0/s1. The average Bonchev–Trinajstić information content (AvgIpc) is 3.36. The van der Waals surface area contributed by atoms with Crippen molar-refractivity contribution in [1.29, 1.82) is 0 Å². The van der Waals surface area contributed by atoms with Gasteiger partial charge in [0.05, 0.1) is 21.5 Å². The fourth-order valence-corrected chi connectivity index (χ4v) is 5.33. The van der Waals surface area contributed by atoms with Crippen LogP contribution in [-0.4, -0.2) is 56.3 Å². The van der Waals surface area contributed by atoms with Crippen LogP contribution in [0.3, 0.4) is 0 Å². The molecule has 0 aliphatic carbocycles. The molecule has 1 aliphatic rings. The van der Waals surface area contributed by atoms with Crippen molar-refractivity contribution in [3.63, 3.8) is 0 Å². The monoisotopic (exact) mass is 585 g/mol. The molecule has 38 heavy (non-hydrogen) atoms. The van der Waals surface area contributed by atoms with Gasteiger partial charge >= 0.3 is 0 Å². The molecule has 3 rings (SSSR count). The molecule has 0 saturated heterocycles. The third kappa shape index (κ3) is 7.03. The third-order valence-electron chi connectivity index (χ3n) is 6.35. The number of halogens is 2. The van der Waals surface area contributed by atoms with Crippen LogP contribution in [0.4, 0.5) is 5.69 Å². The van der Waals surface area contributed by atoms with Crippen LogP contribution in [0.15, 0.2) is 36.4 Å². The maximum absolute atomic E-state index is 13.9. The number of carbonyl (C=O) groups is 2. The molecule has 0 aromatic heterocycles. The first-order chi connectivity index (χ1) is 18.0. The summed E-state index contributed by atoms with van der Waals surface area (Å²) in [6.07, 6.45) is 1.04. The molecule has 2 amide bonds. The van der Waals surface area contributed by atoms with Crippen LogP contribution in [-0.2, 0) is 26.2 Å². The zero-order valence-electron chi connectivity index (χ0n) is 21.9. The molecule has 2 aromatic carbocycles. The summed E-state index contributed by atoms with van der Waals surface area (Å²) in [7, 11) is -3.87. The van der Waals surface area contributed by atoms with Crippen LogP contribution in [0.2, 0.25) is 10.0 Å². The number of benzene rings is 2. The number of rotatable bonds is 12. The Hall–Kier alpha value is -2.69. The number of fused-ring (bicyclic) bond motifs is 1. The summed E-state index contributed by atoms with van der Waals surface area (Å²) in [4.78, 5) is 28.5. The van der Waals surface area contributed by atoms with Gasteiger partial charge in [0.15, 0.2) is 11.5 Å². The summed E-state index contributed by atoms with van der Waals surface area (Å²) in [6, 6.07) is 8.71. The molecule has 0 bridgehead atoms. The molecule has 1 heterocycles. The molecule has 0 saturated carbocycles. The maximum Gasteiger partial charge on any atom is 0.244 e. The number of hydrogen-bond donors (Lipinski definition) is 1. The van der Waals surface area contributed by atoms with Gasteiger partial charge in [-0.1, -0.05) is 43.1 Å². The van der Waals surface area contributed by atoms with Gasteiger partial charge in [0, 0.05) is 18.7 Å². The van der Waals surface area contributed by atoms with Crippen LogP contribution < -0.4 is 19.1 Å². The first-order valence-electron chi connectivity index (χ1n) is 12.4. The molecule has 0 spiro atoms. The fraction of sp³-hybridized carbons (Fsp3) is 0.462. The van der Waals surface area contributed by atoms with E-state index in [1.54, 1.807) is 37.3 Å². The number of hydrogen-bond acceptors (Lipinski definition) is 6. The van der Waals surface area contributed by atoms with Gasteiger partial charge in [0.1, 0.15) is 12.6 Å². The Morgan fingerprint density at radius 1 is 1.00 bits per heavy atom. The minimum Gasteiger partial charge on any atom is -0.454 e. The van der Waals surface area contributed by atoms with Crippen LogP contribution in [0.5, 0.6) is 11.5 Å². The molecule has 2 aromatic rings. The summed E-state index contributed by atoms with van der Waals surface area (Å²) in [5, 5.41) is 3.60. The molecular formula is C26H33Cl2N3O6S. The Morgan fingerprint density at radius 2 is 1.71 bits per heavy atom. The van der Waals surface area contributed by atoms with Crippen LogP contribution in [0, 0.1) is 0 Å². The van der Waals surface area contributed by atoms with Gasteiger partial charge in [-0.3, -0.25) is 13.9 Å². The summed E-state index contributed by atoms with van der Waals surface area (Å²) >= 11 is 12.3. The highest BCUT2D eigenvalue weighted by Gasteiger charge is 2.33. The summed E-state index contributed by atoms with van der Waals surface area (Å²) < 4.78 is 38.0. The Balaban J connectivity index is 1.99. The van der Waals surface area contributed by atoms with Crippen molar-refractivity contribution in [2.75, 3.05) is 23.4 Å². The van der Waals surface area contributed by atoms with Gasteiger partial charge in [0.25, 0.3) is 0 Å². The van der Waals surface area contributed by atoms with Crippen molar-refractivity contribution in [2.24, 2.45) is 0 Å². The van der Waals surface area contributed by atoms with E-state index in [2.05, 4.69) is 5.32 Å². The number of nitrogens with one attached hydrogen (secondary N) is 1. The van der Waals surface area contributed by atoms with E-state index in [1.807, 2.05) is 13.8 Å². The van der Waals surface area contributed by atoms with Gasteiger partial charge in [-0.15, -0.1) is 0 Å². The molecule has 1 aliphatic heterocycles. The van der Waals surface area contributed by atoms with Gasteiger partial charge in [-0.25, -0.2) is 8.42 Å². The lowest BCUT2D eigenvalue weighted by atomic mass is 10.1. The van der Waals surface area contributed by atoms with Gasteiger partial charge in [-0.05, 0) is 56.5 Å². The lowest BCUT2D eigenvalue weighted by Gasteiger charge is -2.33. The van der Waals surface area contributed by atoms with Crippen molar-refractivity contribution in [3.8, 4) is 11.5 Å². The zero-order chi connectivity index (χ0) is 28.0. The van der Waals surface area contributed by atoms with E-state index < -0.39 is 28.5 Å². The number of carbonyl (C=O) groups excluding carboxylic acids is 2. The first-order valence-corrected chi connectivity index (χ1v) is 14.8. The summed E-state index contributed by atoms with van der Waals surface area (Å²) in [5.74, 6) is -0.214. The Labute approximate surface area is 234 Å². The highest BCUT2D eigenvalue weighted by molar-refractivity contribution is 7.92. The second-order valence-electron chi connectivity index (χ2n) is 8.96. The molecule has 9 nitrogen and oxygen atoms in total. The minimum absolute atomic E-state index is 0.0269. The molecule has 208 valence electrons. The molecular weight excluding hydrogens is 553 g/mol. The van der Waals surface area contributed by atoms with Crippen molar-refractivity contribution < 1.29 is 27.5 Å². The van der Waals surface area contributed by atoms with E-state index in [9.17, 15) is 18.0 Å². The third-order valence-corrected chi connectivity index (χ3v) is 8.83. The first kappa shape index (κ1) is 29.9. The van der Waals surface area contributed by atoms with Crippen molar-refractivity contribution in [1.82, 2.24) is 10.2 Å². The largest absolute Gasteiger partial charge is 0.454 e. The van der Waals surface area contributed by atoms with Gasteiger partial charge < -0.3 is 19.7 Å². The predicted octanol–water partition coefficient (Wildman–Crippen LogP) is 4.60. The topological polar surface area (TPSA) is 105 Å². The maximum atomic E-state index is 13.9. The predicted molar refractivity (Wildman–Crippen MR) is 148 cm³/mol. The van der Waals surface area contributed by atoms with E-state index in [1.165, 1.54) is 17.9 Å². The van der Waals surface area contributed by atoms with E-state index in [-0.39, 0.29) is 36.7 Å². The highest BCUT2D eigenvalue weighted by atomic mass is 35.5. The molecule has 12 heteroatoms. The minimum atomic E-state index is -3.87. The Kier molecular flexibility index (Phi) is 10.1. The van der Waals surface area contributed by atoms with E-state index in [0.717, 1.165) is 10.7 Å². The second-order valence-corrected chi connectivity index (χ2v) is 12.0. The second kappa shape index (κ2) is 12.9. The van der Waals surface area contributed by atoms with Crippen molar-refractivity contribution >= 4 is 50.7 Å². The molecule has 0 unspecified atom stereocenters. The molecule has 1 N–H and O–H groups in total. The Morgan fingerprint density at radius 3 is 2.34 bits per heavy atom. The van der Waals surface area contributed by atoms with Crippen LogP contribution in [0.25, 0.3) is 0 Å². The number of amides is 2. The smallest absolute Gasteiger partial charge is 0.244 e. The molecule has 0 radical (unpaired) electrons. The van der Waals surface area contributed by atoms with Gasteiger partial charge in [-0.2, -0.15) is 0 Å². The lowest BCUT2D eigenvalue weighted by Crippen LogP contribution is -2.53. The van der Waals surface area contributed by atoms with E-state index in [4.69, 9.17) is 32.7 Å². The summed E-state index contributed by atoms with van der Waals surface area (Å²) in [5.41, 5.74) is 0.909. The lowest BCUT2D eigenvalue weighted by molar-refractivity contribution is -0.140. The number of sulfonamides is 1. The SMILES string of the molecule is CC[C@H](C(=O)N[C@@H](C)CC)N(Cc1ccc(Cl)c(Cl)c1)C(=O)CN(c1ccc2c(c1)OCO2)S(=O)(=O)CC. The molecule has 2 atom stereocenters. The van der Waals surface area contributed by atoms with Crippen LogP contribution in [0.1, 0.15) is 46.1 Å². The van der Waals surface area contributed by atoms with E-state index >= 15 is 0 Å². The van der Waals surface area contributed by atoms with Gasteiger partial charge in [0.2, 0.25) is 28.6 Å². The molecule has 0 fully saturated rings. The van der Waals surface area contributed by atoms with Crippen molar-refractivity contribution in [2.45, 2.75) is 59.2 Å². The van der Waals surface area contributed by atoms with E-state index in [0.29, 0.717) is 33.5 Å². The van der Waals surface area contributed by atoms with Crippen LogP contribution >= 0.6 is 23.2 Å². The Bertz CT molecular complexity index is 1270. The van der Waals surface area contributed by atoms with Crippen molar-refractivity contribution in [3.05, 3.63) is 52.0 Å². The fourth-order valence-electron chi connectivity index (χ4n) is 3.96. The average molecular weight is 587 g/mol. The quantitative estimate of drug-likeness (QED) is 0.390. The number of anilines is 1. The number of ether oxygens (including phenoxy) is 2. The summed E-state index contributed by atoms with van der Waals surface area (Å²) in [6.45, 7) is 6.68. The highest BCUT2D eigenvalue weighted by Crippen LogP contribution is 2.36.